The molecule has 122 valence electrons. The number of carbonyl (C=O) groups excluding carboxylic acids is 1. The van der Waals surface area contributed by atoms with Gasteiger partial charge in [-0.25, -0.2) is 4.98 Å². The van der Waals surface area contributed by atoms with Crippen molar-refractivity contribution in [1.29, 1.82) is 0 Å². The zero-order chi connectivity index (χ0) is 16.5. The number of hydrogen-bond donors (Lipinski definition) is 1. The van der Waals surface area contributed by atoms with Crippen molar-refractivity contribution >= 4 is 18.4 Å². The van der Waals surface area contributed by atoms with Gasteiger partial charge >= 0.3 is 0 Å². The summed E-state index contributed by atoms with van der Waals surface area (Å²) in [5.74, 6) is 1.07. The number of carbonyl (C=O) groups is 1. The van der Waals surface area contributed by atoms with Crippen LogP contribution in [-0.2, 0) is 9.53 Å². The first-order valence-electron chi connectivity index (χ1n) is 7.56. The molecule has 0 N–H and O–H groups in total. The number of ether oxygens (including phenoxy) is 2. The van der Waals surface area contributed by atoms with Gasteiger partial charge in [0.1, 0.15) is 13.2 Å². The third kappa shape index (κ3) is 5.69. The molecule has 0 bridgehead atoms. The molecule has 0 saturated carbocycles. The second-order valence-electron chi connectivity index (χ2n) is 5.20. The summed E-state index contributed by atoms with van der Waals surface area (Å²) >= 11 is 4.09. The van der Waals surface area contributed by atoms with Gasteiger partial charge in [-0.2, -0.15) is 12.6 Å². The van der Waals surface area contributed by atoms with Crippen LogP contribution in [-0.4, -0.2) is 36.3 Å². The van der Waals surface area contributed by atoms with Gasteiger partial charge in [-0.1, -0.05) is 37.3 Å². The highest BCUT2D eigenvalue weighted by Gasteiger charge is 2.10. The van der Waals surface area contributed by atoms with E-state index >= 15 is 0 Å². The van der Waals surface area contributed by atoms with Crippen LogP contribution in [0.2, 0.25) is 0 Å². The standard InChI is InChI=1S/C18H21NO3S/c1-14(13-23)17(20)12-21-9-10-22-18-8-7-16(11-19-18)15-5-3-2-4-6-15/h2-8,11,14,23H,9-10,12-13H2,1H3. The number of aromatic nitrogens is 1. The fraction of sp³-hybridized carbons (Fsp3) is 0.333. The molecule has 0 aliphatic carbocycles. The molecule has 0 saturated heterocycles. The van der Waals surface area contributed by atoms with Crippen molar-refractivity contribution in [3.63, 3.8) is 0 Å². The van der Waals surface area contributed by atoms with Gasteiger partial charge in [0, 0.05) is 23.7 Å². The monoisotopic (exact) mass is 331 g/mol. The minimum atomic E-state index is -0.0774. The van der Waals surface area contributed by atoms with E-state index in [0.717, 1.165) is 11.1 Å². The third-order valence-corrected chi connectivity index (χ3v) is 3.94. The van der Waals surface area contributed by atoms with E-state index in [1.165, 1.54) is 0 Å². The molecule has 2 rings (SSSR count). The molecule has 0 aliphatic rings. The Balaban J connectivity index is 1.72. The number of benzene rings is 1. The Morgan fingerprint density at radius 3 is 2.57 bits per heavy atom. The molecule has 0 aliphatic heterocycles. The highest BCUT2D eigenvalue weighted by atomic mass is 32.1. The van der Waals surface area contributed by atoms with Gasteiger partial charge in [0.05, 0.1) is 6.61 Å². The van der Waals surface area contributed by atoms with E-state index in [4.69, 9.17) is 9.47 Å². The lowest BCUT2D eigenvalue weighted by Gasteiger charge is -2.09. The topological polar surface area (TPSA) is 48.4 Å². The lowest BCUT2D eigenvalue weighted by atomic mass is 10.1. The van der Waals surface area contributed by atoms with Gasteiger partial charge in [0.15, 0.2) is 5.78 Å². The molecular formula is C18H21NO3S. The van der Waals surface area contributed by atoms with E-state index in [9.17, 15) is 4.79 Å². The summed E-state index contributed by atoms with van der Waals surface area (Å²) < 4.78 is 10.8. The van der Waals surface area contributed by atoms with Crippen LogP contribution in [0.5, 0.6) is 5.88 Å². The molecule has 0 spiro atoms. The van der Waals surface area contributed by atoms with E-state index in [0.29, 0.717) is 24.8 Å². The van der Waals surface area contributed by atoms with Crippen LogP contribution < -0.4 is 4.74 Å². The molecule has 23 heavy (non-hydrogen) atoms. The maximum Gasteiger partial charge on any atom is 0.213 e. The average molecular weight is 331 g/mol. The molecule has 1 heterocycles. The smallest absolute Gasteiger partial charge is 0.213 e. The van der Waals surface area contributed by atoms with Crippen molar-refractivity contribution in [2.45, 2.75) is 6.92 Å². The number of hydrogen-bond acceptors (Lipinski definition) is 5. The molecule has 1 aromatic heterocycles. The van der Waals surface area contributed by atoms with Crippen molar-refractivity contribution in [3.8, 4) is 17.0 Å². The molecule has 0 fully saturated rings. The zero-order valence-electron chi connectivity index (χ0n) is 13.1. The molecule has 0 radical (unpaired) electrons. The second kappa shape index (κ2) is 9.33. The van der Waals surface area contributed by atoms with E-state index < -0.39 is 0 Å². The number of rotatable bonds is 9. The molecule has 1 atom stereocenters. The largest absolute Gasteiger partial charge is 0.475 e. The Morgan fingerprint density at radius 2 is 1.91 bits per heavy atom. The summed E-state index contributed by atoms with van der Waals surface area (Å²) in [7, 11) is 0. The Bertz CT molecular complexity index is 601. The van der Waals surface area contributed by atoms with Crippen molar-refractivity contribution in [1.82, 2.24) is 4.98 Å². The number of ketones is 1. The minimum Gasteiger partial charge on any atom is -0.475 e. The molecular weight excluding hydrogens is 310 g/mol. The lowest BCUT2D eigenvalue weighted by molar-refractivity contribution is -0.126. The van der Waals surface area contributed by atoms with E-state index in [1.54, 1.807) is 6.20 Å². The van der Waals surface area contributed by atoms with E-state index in [-0.39, 0.29) is 18.3 Å². The number of nitrogens with zero attached hydrogens (tertiary/aromatic N) is 1. The van der Waals surface area contributed by atoms with Crippen LogP contribution in [0.3, 0.4) is 0 Å². The molecule has 4 nitrogen and oxygen atoms in total. The zero-order valence-corrected chi connectivity index (χ0v) is 14.0. The number of Topliss-reactive ketones (excluding diaryl/α,β-unsaturated/α-hetero) is 1. The summed E-state index contributed by atoms with van der Waals surface area (Å²) in [4.78, 5) is 15.8. The Kier molecular flexibility index (Phi) is 7.10. The Morgan fingerprint density at radius 1 is 1.13 bits per heavy atom. The van der Waals surface area contributed by atoms with Crippen molar-refractivity contribution in [2.75, 3.05) is 25.6 Å². The highest BCUT2D eigenvalue weighted by Crippen LogP contribution is 2.19. The van der Waals surface area contributed by atoms with Crippen molar-refractivity contribution in [3.05, 3.63) is 48.7 Å². The first-order chi connectivity index (χ1) is 11.2. The van der Waals surface area contributed by atoms with Crippen LogP contribution in [0.15, 0.2) is 48.7 Å². The first kappa shape index (κ1) is 17.5. The van der Waals surface area contributed by atoms with Gasteiger partial charge in [-0.05, 0) is 17.4 Å². The predicted octanol–water partition coefficient (Wildman–Crippen LogP) is 3.28. The first-order valence-corrected chi connectivity index (χ1v) is 8.19. The quantitative estimate of drug-likeness (QED) is 0.566. The second-order valence-corrected chi connectivity index (χ2v) is 5.57. The van der Waals surface area contributed by atoms with E-state index in [1.807, 2.05) is 49.4 Å². The van der Waals surface area contributed by atoms with E-state index in [2.05, 4.69) is 17.6 Å². The van der Waals surface area contributed by atoms with Crippen LogP contribution in [0.1, 0.15) is 6.92 Å². The maximum absolute atomic E-state index is 11.6. The minimum absolute atomic E-state index is 0.0605. The maximum atomic E-state index is 11.6. The molecule has 5 heteroatoms. The fourth-order valence-corrected chi connectivity index (χ4v) is 2.09. The number of pyridine rings is 1. The van der Waals surface area contributed by atoms with Gasteiger partial charge < -0.3 is 9.47 Å². The Labute approximate surface area is 142 Å². The fourth-order valence-electron chi connectivity index (χ4n) is 1.89. The summed E-state index contributed by atoms with van der Waals surface area (Å²) in [5, 5.41) is 0. The van der Waals surface area contributed by atoms with Gasteiger partial charge in [-0.15, -0.1) is 0 Å². The Hall–Kier alpha value is -1.85. The van der Waals surface area contributed by atoms with Crippen LogP contribution >= 0.6 is 12.6 Å². The number of thiol groups is 1. The van der Waals surface area contributed by atoms with Crippen LogP contribution in [0.25, 0.3) is 11.1 Å². The van der Waals surface area contributed by atoms with Crippen LogP contribution in [0, 0.1) is 5.92 Å². The third-order valence-electron chi connectivity index (χ3n) is 3.39. The average Bonchev–Trinajstić information content (AvgIpc) is 2.61. The lowest BCUT2D eigenvalue weighted by Crippen LogP contribution is -2.20. The summed E-state index contributed by atoms with van der Waals surface area (Å²) in [5.41, 5.74) is 2.16. The SMILES string of the molecule is CC(CS)C(=O)COCCOc1ccc(-c2ccccc2)cn1. The summed E-state index contributed by atoms with van der Waals surface area (Å²) in [6.45, 7) is 2.66. The summed E-state index contributed by atoms with van der Waals surface area (Å²) in [6, 6.07) is 13.8. The van der Waals surface area contributed by atoms with Crippen LogP contribution in [0.4, 0.5) is 0 Å². The predicted molar refractivity (Wildman–Crippen MR) is 94.0 cm³/mol. The summed E-state index contributed by atoms with van der Waals surface area (Å²) in [6.07, 6.45) is 1.78. The van der Waals surface area contributed by atoms with Gasteiger partial charge in [-0.3, -0.25) is 4.79 Å². The van der Waals surface area contributed by atoms with Gasteiger partial charge in [0.2, 0.25) is 5.88 Å². The highest BCUT2D eigenvalue weighted by molar-refractivity contribution is 7.80. The molecule has 0 amide bonds. The van der Waals surface area contributed by atoms with Crippen molar-refractivity contribution in [2.24, 2.45) is 5.92 Å². The molecule has 2 aromatic rings. The van der Waals surface area contributed by atoms with Gasteiger partial charge in [0.25, 0.3) is 0 Å². The molecule has 1 aromatic carbocycles. The normalized spacial score (nSPS) is 11.9. The van der Waals surface area contributed by atoms with Crippen molar-refractivity contribution < 1.29 is 14.3 Å². The molecule has 1 unspecified atom stereocenters.